The Morgan fingerprint density at radius 2 is 2.19 bits per heavy atom. The van der Waals surface area contributed by atoms with Crippen molar-refractivity contribution in [3.63, 3.8) is 0 Å². The first-order valence-electron chi connectivity index (χ1n) is 8.72. The van der Waals surface area contributed by atoms with Gasteiger partial charge in [-0.1, -0.05) is 0 Å². The molecular formula is C18H25N3O5. The summed E-state index contributed by atoms with van der Waals surface area (Å²) in [6.07, 6.45) is 1.57. The predicted octanol–water partition coefficient (Wildman–Crippen LogP) is 0.490. The number of likely N-dealkylation sites (N-methyl/N-ethyl adjacent to an activating group) is 1. The summed E-state index contributed by atoms with van der Waals surface area (Å²) in [6, 6.07) is 1.83. The van der Waals surface area contributed by atoms with Crippen LogP contribution in [0.5, 0.6) is 17.2 Å². The van der Waals surface area contributed by atoms with Gasteiger partial charge in [-0.3, -0.25) is 9.59 Å². The van der Waals surface area contributed by atoms with Crippen LogP contribution in [0.15, 0.2) is 6.07 Å². The van der Waals surface area contributed by atoms with Crippen molar-refractivity contribution in [2.24, 2.45) is 0 Å². The zero-order valence-corrected chi connectivity index (χ0v) is 15.5. The molecule has 2 amide bonds. The van der Waals surface area contributed by atoms with Crippen molar-refractivity contribution in [1.82, 2.24) is 15.1 Å². The Balaban J connectivity index is 1.70. The second-order valence-corrected chi connectivity index (χ2v) is 6.75. The van der Waals surface area contributed by atoms with E-state index in [-0.39, 0.29) is 25.2 Å². The van der Waals surface area contributed by atoms with E-state index in [1.165, 1.54) is 0 Å². The highest BCUT2D eigenvalue weighted by atomic mass is 16.7. The van der Waals surface area contributed by atoms with Crippen molar-refractivity contribution < 1.29 is 23.8 Å². The third-order valence-electron chi connectivity index (χ3n) is 4.43. The summed E-state index contributed by atoms with van der Waals surface area (Å²) in [6.45, 7) is 2.01. The summed E-state index contributed by atoms with van der Waals surface area (Å²) in [4.78, 5) is 28.4. The molecule has 1 aromatic rings. The SMILES string of the molecule is CN(C)CCCNC(=O)COc1c2c(cc3c1C(=O)N(C)CC3)OCO2. The Hall–Kier alpha value is -2.48. The number of nitrogens with zero attached hydrogens (tertiary/aromatic N) is 2. The lowest BCUT2D eigenvalue weighted by molar-refractivity contribution is -0.123. The maximum absolute atomic E-state index is 12.6. The fraction of sp³-hybridized carbons (Fsp3) is 0.556. The van der Waals surface area contributed by atoms with E-state index in [2.05, 4.69) is 10.2 Å². The first-order chi connectivity index (χ1) is 12.5. The molecule has 3 rings (SSSR count). The third kappa shape index (κ3) is 3.85. The second-order valence-electron chi connectivity index (χ2n) is 6.75. The van der Waals surface area contributed by atoms with Gasteiger partial charge in [0.15, 0.2) is 18.1 Å². The molecule has 0 bridgehead atoms. The molecule has 0 fully saturated rings. The lowest BCUT2D eigenvalue weighted by Gasteiger charge is -2.27. The van der Waals surface area contributed by atoms with Crippen molar-refractivity contribution >= 4 is 11.8 Å². The number of fused-ring (bicyclic) bond motifs is 2. The van der Waals surface area contributed by atoms with E-state index in [1.807, 2.05) is 20.2 Å². The third-order valence-corrected chi connectivity index (χ3v) is 4.43. The number of amides is 2. The first-order valence-corrected chi connectivity index (χ1v) is 8.72. The van der Waals surface area contributed by atoms with Crippen LogP contribution >= 0.6 is 0 Å². The van der Waals surface area contributed by atoms with Crippen LogP contribution in [-0.4, -0.2) is 75.8 Å². The average Bonchev–Trinajstić information content (AvgIpc) is 3.07. The standard InChI is InChI=1S/C18H25N3O5/c1-20(2)7-4-6-19-14(22)10-24-17-15-12(5-8-21(3)18(15)23)9-13-16(17)26-11-25-13/h9H,4-8,10-11H2,1-3H3,(H,19,22). The smallest absolute Gasteiger partial charge is 0.257 e. The Bertz CT molecular complexity index is 705. The zero-order valence-electron chi connectivity index (χ0n) is 15.5. The maximum Gasteiger partial charge on any atom is 0.257 e. The van der Waals surface area contributed by atoms with Gasteiger partial charge in [0.1, 0.15) is 0 Å². The highest BCUT2D eigenvalue weighted by Gasteiger charge is 2.33. The molecular weight excluding hydrogens is 338 g/mol. The largest absolute Gasteiger partial charge is 0.479 e. The van der Waals surface area contributed by atoms with Crippen LogP contribution in [0.3, 0.4) is 0 Å². The summed E-state index contributed by atoms with van der Waals surface area (Å²) in [5, 5.41) is 2.82. The molecule has 0 atom stereocenters. The number of rotatable bonds is 7. The number of carbonyl (C=O) groups excluding carboxylic acids is 2. The summed E-state index contributed by atoms with van der Waals surface area (Å²) in [5.74, 6) is 0.891. The van der Waals surface area contributed by atoms with E-state index in [1.54, 1.807) is 11.9 Å². The lowest BCUT2D eigenvalue weighted by atomic mass is 9.97. The van der Waals surface area contributed by atoms with Gasteiger partial charge in [0, 0.05) is 20.1 Å². The fourth-order valence-corrected chi connectivity index (χ4v) is 3.02. The van der Waals surface area contributed by atoms with Gasteiger partial charge in [0.2, 0.25) is 12.5 Å². The topological polar surface area (TPSA) is 80.3 Å². The van der Waals surface area contributed by atoms with Crippen molar-refractivity contribution in [1.29, 1.82) is 0 Å². The monoisotopic (exact) mass is 363 g/mol. The summed E-state index contributed by atoms with van der Waals surface area (Å²) in [7, 11) is 5.72. The van der Waals surface area contributed by atoms with Crippen LogP contribution in [0.1, 0.15) is 22.3 Å². The Labute approximate surface area is 153 Å². The normalized spacial score (nSPS) is 15.2. The number of nitrogens with one attached hydrogen (secondary N) is 1. The molecule has 26 heavy (non-hydrogen) atoms. The first kappa shape index (κ1) is 18.3. The van der Waals surface area contributed by atoms with Crippen molar-refractivity contribution in [3.05, 3.63) is 17.2 Å². The number of hydrogen-bond donors (Lipinski definition) is 1. The van der Waals surface area contributed by atoms with Crippen molar-refractivity contribution in [3.8, 4) is 17.2 Å². The minimum atomic E-state index is -0.231. The number of ether oxygens (including phenoxy) is 3. The Morgan fingerprint density at radius 3 is 2.96 bits per heavy atom. The molecule has 0 aliphatic carbocycles. The summed E-state index contributed by atoms with van der Waals surface area (Å²) in [5.41, 5.74) is 1.32. The van der Waals surface area contributed by atoms with Gasteiger partial charge < -0.3 is 29.3 Å². The Morgan fingerprint density at radius 1 is 1.38 bits per heavy atom. The van der Waals surface area contributed by atoms with Crippen LogP contribution < -0.4 is 19.5 Å². The van der Waals surface area contributed by atoms with E-state index in [0.29, 0.717) is 42.3 Å². The molecule has 8 nitrogen and oxygen atoms in total. The van der Waals surface area contributed by atoms with Gasteiger partial charge in [-0.2, -0.15) is 0 Å². The minimum Gasteiger partial charge on any atom is -0.479 e. The van der Waals surface area contributed by atoms with E-state index in [9.17, 15) is 9.59 Å². The summed E-state index contributed by atoms with van der Waals surface area (Å²) < 4.78 is 16.7. The van der Waals surface area contributed by atoms with E-state index >= 15 is 0 Å². The molecule has 0 saturated carbocycles. The molecule has 2 aliphatic heterocycles. The van der Waals surface area contributed by atoms with Crippen LogP contribution in [0.4, 0.5) is 0 Å². The molecule has 0 radical (unpaired) electrons. The van der Waals surface area contributed by atoms with Gasteiger partial charge in [0.05, 0.1) is 5.56 Å². The van der Waals surface area contributed by atoms with Crippen LogP contribution in [0.25, 0.3) is 0 Å². The van der Waals surface area contributed by atoms with Gasteiger partial charge in [-0.05, 0) is 45.1 Å². The van der Waals surface area contributed by atoms with Gasteiger partial charge in [0.25, 0.3) is 11.8 Å². The number of hydrogen-bond acceptors (Lipinski definition) is 6. The van der Waals surface area contributed by atoms with Gasteiger partial charge in [-0.15, -0.1) is 0 Å². The highest BCUT2D eigenvalue weighted by molar-refractivity contribution is 6.01. The van der Waals surface area contributed by atoms with Crippen LogP contribution in [0, 0.1) is 0 Å². The molecule has 2 aliphatic rings. The highest BCUT2D eigenvalue weighted by Crippen LogP contribution is 2.46. The van der Waals surface area contributed by atoms with E-state index in [4.69, 9.17) is 14.2 Å². The molecule has 0 saturated heterocycles. The van der Waals surface area contributed by atoms with E-state index in [0.717, 1.165) is 18.5 Å². The zero-order chi connectivity index (χ0) is 18.7. The molecule has 1 aromatic carbocycles. The second kappa shape index (κ2) is 7.82. The molecule has 0 spiro atoms. The quantitative estimate of drug-likeness (QED) is 0.710. The maximum atomic E-state index is 12.6. The molecule has 0 unspecified atom stereocenters. The van der Waals surface area contributed by atoms with E-state index < -0.39 is 0 Å². The van der Waals surface area contributed by atoms with Crippen LogP contribution in [0.2, 0.25) is 0 Å². The lowest BCUT2D eigenvalue weighted by Crippen LogP contribution is -2.35. The molecule has 1 N–H and O–H groups in total. The minimum absolute atomic E-state index is 0.0787. The van der Waals surface area contributed by atoms with Crippen molar-refractivity contribution in [2.75, 3.05) is 54.2 Å². The molecule has 142 valence electrons. The summed E-state index contributed by atoms with van der Waals surface area (Å²) >= 11 is 0. The number of carbonyl (C=O) groups is 2. The average molecular weight is 363 g/mol. The van der Waals surface area contributed by atoms with Gasteiger partial charge >= 0.3 is 0 Å². The molecule has 0 aromatic heterocycles. The van der Waals surface area contributed by atoms with Gasteiger partial charge in [-0.25, -0.2) is 0 Å². The Kier molecular flexibility index (Phi) is 5.51. The fourth-order valence-electron chi connectivity index (χ4n) is 3.02. The van der Waals surface area contributed by atoms with Crippen LogP contribution in [-0.2, 0) is 11.2 Å². The van der Waals surface area contributed by atoms with Crippen molar-refractivity contribution in [2.45, 2.75) is 12.8 Å². The number of benzene rings is 1. The molecule has 8 heteroatoms. The molecule has 2 heterocycles. The predicted molar refractivity (Wildman–Crippen MR) is 94.9 cm³/mol.